The number of halogens is 1. The number of aromatic nitrogens is 4. The molecule has 0 aliphatic carbocycles. The Labute approximate surface area is 185 Å². The molecule has 2 aliphatic rings. The molecule has 0 aromatic carbocycles. The van der Waals surface area contributed by atoms with Gasteiger partial charge in [-0.15, -0.1) is 0 Å². The number of fused-ring (bicyclic) bond motifs is 1. The summed E-state index contributed by atoms with van der Waals surface area (Å²) in [5, 5.41) is 8.05. The lowest BCUT2D eigenvalue weighted by Gasteiger charge is -2.39. The molecule has 7 nitrogen and oxygen atoms in total. The lowest BCUT2D eigenvalue weighted by molar-refractivity contribution is 0.0238. The van der Waals surface area contributed by atoms with Crippen LogP contribution in [0.2, 0.25) is 0 Å². The van der Waals surface area contributed by atoms with Gasteiger partial charge in [-0.1, -0.05) is 6.07 Å². The van der Waals surface area contributed by atoms with E-state index < -0.39 is 0 Å². The number of hydrogen-bond acceptors (Lipinski definition) is 6. The van der Waals surface area contributed by atoms with Gasteiger partial charge in [0, 0.05) is 56.7 Å². The number of pyridine rings is 1. The SMILES string of the molecule is Brc1cnn2c(NCc3cccnc3)cc(C3CCCN(C4CCOCC4)C3)nc12. The zero-order chi connectivity index (χ0) is 20.3. The maximum Gasteiger partial charge on any atom is 0.171 e. The molecule has 3 aromatic heterocycles. The van der Waals surface area contributed by atoms with Crippen LogP contribution in [0.15, 0.2) is 41.3 Å². The second-order valence-corrected chi connectivity index (χ2v) is 9.04. The molecule has 1 N–H and O–H groups in total. The molecular weight excluding hydrogens is 444 g/mol. The summed E-state index contributed by atoms with van der Waals surface area (Å²) in [6.45, 7) is 4.73. The molecule has 30 heavy (non-hydrogen) atoms. The summed E-state index contributed by atoms with van der Waals surface area (Å²) in [7, 11) is 0. The second-order valence-electron chi connectivity index (χ2n) is 8.19. The van der Waals surface area contributed by atoms with Crippen LogP contribution in [0.3, 0.4) is 0 Å². The molecule has 3 aromatic rings. The summed E-state index contributed by atoms with van der Waals surface area (Å²) in [4.78, 5) is 11.9. The Morgan fingerprint density at radius 2 is 2.10 bits per heavy atom. The number of hydrogen-bond donors (Lipinski definition) is 1. The third kappa shape index (κ3) is 4.22. The zero-order valence-electron chi connectivity index (χ0n) is 17.0. The summed E-state index contributed by atoms with van der Waals surface area (Å²) in [5.74, 6) is 1.40. The number of nitrogens with zero attached hydrogens (tertiary/aromatic N) is 5. The van der Waals surface area contributed by atoms with Gasteiger partial charge in [-0.25, -0.2) is 4.98 Å². The predicted octanol–water partition coefficient (Wildman–Crippen LogP) is 3.86. The van der Waals surface area contributed by atoms with Crippen LogP contribution in [0.4, 0.5) is 5.82 Å². The summed E-state index contributed by atoms with van der Waals surface area (Å²) >= 11 is 3.62. The topological polar surface area (TPSA) is 67.6 Å². The lowest BCUT2D eigenvalue weighted by Crippen LogP contribution is -2.44. The van der Waals surface area contributed by atoms with Crippen molar-refractivity contribution in [3.63, 3.8) is 0 Å². The summed E-state index contributed by atoms with van der Waals surface area (Å²) in [5.41, 5.74) is 3.15. The average molecular weight is 471 g/mol. The Morgan fingerprint density at radius 1 is 1.20 bits per heavy atom. The molecule has 2 fully saturated rings. The van der Waals surface area contributed by atoms with Crippen LogP contribution in [0.5, 0.6) is 0 Å². The number of ether oxygens (including phenoxy) is 1. The van der Waals surface area contributed by atoms with Crippen molar-refractivity contribution in [3.05, 3.63) is 52.5 Å². The Hall–Kier alpha value is -2.03. The first-order valence-electron chi connectivity index (χ1n) is 10.8. The smallest absolute Gasteiger partial charge is 0.171 e. The highest BCUT2D eigenvalue weighted by atomic mass is 79.9. The molecule has 0 amide bonds. The molecule has 0 radical (unpaired) electrons. The first kappa shape index (κ1) is 19.9. The Balaban J connectivity index is 1.40. The van der Waals surface area contributed by atoms with Crippen LogP contribution in [0.1, 0.15) is 42.9 Å². The molecule has 1 atom stereocenters. The fourth-order valence-electron chi connectivity index (χ4n) is 4.61. The van der Waals surface area contributed by atoms with E-state index in [1.165, 1.54) is 19.4 Å². The van der Waals surface area contributed by atoms with Crippen LogP contribution in [-0.4, -0.2) is 56.8 Å². The fraction of sp³-hybridized carbons (Fsp3) is 0.500. The highest BCUT2D eigenvalue weighted by Gasteiger charge is 2.29. The van der Waals surface area contributed by atoms with Gasteiger partial charge in [0.25, 0.3) is 0 Å². The molecule has 8 heteroatoms. The fourth-order valence-corrected chi connectivity index (χ4v) is 4.96. The van der Waals surface area contributed by atoms with Crippen LogP contribution in [-0.2, 0) is 11.3 Å². The van der Waals surface area contributed by atoms with Gasteiger partial charge in [0.05, 0.1) is 16.4 Å². The third-order valence-corrected chi connectivity index (χ3v) is 6.78. The third-order valence-electron chi connectivity index (χ3n) is 6.22. The molecule has 0 saturated carbocycles. The summed E-state index contributed by atoms with van der Waals surface area (Å²) in [6, 6.07) is 6.86. The number of piperidine rings is 1. The van der Waals surface area contributed by atoms with Crippen molar-refractivity contribution < 1.29 is 4.74 Å². The van der Waals surface area contributed by atoms with Crippen molar-refractivity contribution in [2.24, 2.45) is 0 Å². The van der Waals surface area contributed by atoms with Crippen molar-refractivity contribution in [1.82, 2.24) is 24.5 Å². The van der Waals surface area contributed by atoms with Gasteiger partial charge >= 0.3 is 0 Å². The van der Waals surface area contributed by atoms with Gasteiger partial charge in [-0.3, -0.25) is 9.88 Å². The predicted molar refractivity (Wildman–Crippen MR) is 120 cm³/mol. The van der Waals surface area contributed by atoms with Crippen molar-refractivity contribution in [3.8, 4) is 0 Å². The number of anilines is 1. The molecule has 158 valence electrons. The van der Waals surface area contributed by atoms with E-state index in [9.17, 15) is 0 Å². The van der Waals surface area contributed by atoms with E-state index in [1.54, 1.807) is 6.20 Å². The Bertz CT molecular complexity index is 988. The summed E-state index contributed by atoms with van der Waals surface area (Å²) in [6.07, 6.45) is 10.2. The van der Waals surface area contributed by atoms with Gasteiger partial charge < -0.3 is 10.1 Å². The van der Waals surface area contributed by atoms with Crippen LogP contribution < -0.4 is 5.32 Å². The van der Waals surface area contributed by atoms with E-state index in [0.717, 1.165) is 59.8 Å². The van der Waals surface area contributed by atoms with Gasteiger partial charge in [0.1, 0.15) is 5.82 Å². The highest BCUT2D eigenvalue weighted by molar-refractivity contribution is 9.10. The van der Waals surface area contributed by atoms with E-state index >= 15 is 0 Å². The minimum absolute atomic E-state index is 0.437. The van der Waals surface area contributed by atoms with Crippen molar-refractivity contribution in [1.29, 1.82) is 0 Å². The highest BCUT2D eigenvalue weighted by Crippen LogP contribution is 2.31. The molecule has 0 bridgehead atoms. The largest absolute Gasteiger partial charge is 0.381 e. The molecular formula is C22H27BrN6O. The van der Waals surface area contributed by atoms with Crippen LogP contribution in [0, 0.1) is 0 Å². The van der Waals surface area contributed by atoms with Crippen LogP contribution >= 0.6 is 15.9 Å². The van der Waals surface area contributed by atoms with E-state index in [-0.39, 0.29) is 0 Å². The standard InChI is InChI=1S/C22H27BrN6O/c23-19-14-26-29-21(25-13-16-3-1-7-24-12-16)11-20(27-22(19)29)17-4-2-8-28(15-17)18-5-9-30-10-6-18/h1,3,7,11-12,14,17-18,25H,2,4-6,8-10,13,15H2. The molecule has 5 heterocycles. The maximum atomic E-state index is 5.57. The van der Waals surface area contributed by atoms with Crippen molar-refractivity contribution in [2.75, 3.05) is 31.6 Å². The summed E-state index contributed by atoms with van der Waals surface area (Å²) < 4.78 is 8.37. The van der Waals surface area contributed by atoms with Crippen LogP contribution in [0.25, 0.3) is 5.65 Å². The van der Waals surface area contributed by atoms with Crippen molar-refractivity contribution >= 4 is 27.4 Å². The normalized spacial score (nSPS) is 21.2. The van der Waals surface area contributed by atoms with Gasteiger partial charge in [-0.2, -0.15) is 9.61 Å². The minimum atomic E-state index is 0.437. The number of rotatable bonds is 5. The minimum Gasteiger partial charge on any atom is -0.381 e. The monoisotopic (exact) mass is 470 g/mol. The van der Waals surface area contributed by atoms with Gasteiger partial charge in [-0.05, 0) is 59.8 Å². The molecule has 1 unspecified atom stereocenters. The lowest BCUT2D eigenvalue weighted by atomic mass is 9.92. The quantitative estimate of drug-likeness (QED) is 0.610. The second kappa shape index (κ2) is 8.99. The van der Waals surface area contributed by atoms with E-state index in [4.69, 9.17) is 9.72 Å². The molecule has 2 aliphatic heterocycles. The number of nitrogens with one attached hydrogen (secondary N) is 1. The Kier molecular flexibility index (Phi) is 5.97. The van der Waals surface area contributed by atoms with E-state index in [0.29, 0.717) is 18.5 Å². The van der Waals surface area contributed by atoms with Crippen molar-refractivity contribution in [2.45, 2.75) is 44.2 Å². The van der Waals surface area contributed by atoms with E-state index in [2.05, 4.69) is 48.4 Å². The molecule has 2 saturated heterocycles. The first-order valence-corrected chi connectivity index (χ1v) is 11.6. The molecule has 5 rings (SSSR count). The Morgan fingerprint density at radius 3 is 2.93 bits per heavy atom. The average Bonchev–Trinajstić information content (AvgIpc) is 3.19. The number of likely N-dealkylation sites (tertiary alicyclic amines) is 1. The first-order chi connectivity index (χ1) is 14.8. The maximum absolute atomic E-state index is 5.57. The van der Waals surface area contributed by atoms with Gasteiger partial charge in [0.2, 0.25) is 0 Å². The molecule has 0 spiro atoms. The van der Waals surface area contributed by atoms with E-state index in [1.807, 2.05) is 23.0 Å². The van der Waals surface area contributed by atoms with Gasteiger partial charge in [0.15, 0.2) is 5.65 Å². The zero-order valence-corrected chi connectivity index (χ0v) is 18.6.